The maximum absolute atomic E-state index is 12.0. The predicted octanol–water partition coefficient (Wildman–Crippen LogP) is 1.45. The van der Waals surface area contributed by atoms with E-state index in [0.717, 1.165) is 37.5 Å². The minimum atomic E-state index is -0.000353. The SMILES string of the molecule is O=C(CCN1CCC[C@H](CO)C1)Nc1nnc(C2CC2)s1. The molecule has 2 N–H and O–H groups in total. The molecule has 1 aliphatic carbocycles. The average Bonchev–Trinajstić information content (AvgIpc) is 3.26. The molecule has 0 unspecified atom stereocenters. The van der Waals surface area contributed by atoms with Gasteiger partial charge in [-0.25, -0.2) is 0 Å². The second kappa shape index (κ2) is 6.81. The van der Waals surface area contributed by atoms with Gasteiger partial charge in [0.15, 0.2) is 0 Å². The lowest BCUT2D eigenvalue weighted by molar-refractivity contribution is -0.116. The molecule has 1 aromatic rings. The summed E-state index contributed by atoms with van der Waals surface area (Å²) >= 11 is 1.50. The van der Waals surface area contributed by atoms with Gasteiger partial charge < -0.3 is 15.3 Å². The standard InChI is InChI=1S/C14H22N4O2S/c19-9-10-2-1-6-18(8-10)7-5-12(20)15-14-17-16-13(21-14)11-3-4-11/h10-11,19H,1-9H2,(H,15,17,20)/t10-/m0/s1. The summed E-state index contributed by atoms with van der Waals surface area (Å²) in [6, 6.07) is 0. The number of nitrogens with one attached hydrogen (secondary N) is 1. The molecule has 116 valence electrons. The van der Waals surface area contributed by atoms with E-state index in [0.29, 0.717) is 23.4 Å². The van der Waals surface area contributed by atoms with Gasteiger partial charge in [0.2, 0.25) is 11.0 Å². The van der Waals surface area contributed by atoms with Crippen LogP contribution in [0, 0.1) is 5.92 Å². The van der Waals surface area contributed by atoms with E-state index >= 15 is 0 Å². The molecule has 3 rings (SSSR count). The number of anilines is 1. The van der Waals surface area contributed by atoms with E-state index < -0.39 is 0 Å². The van der Waals surface area contributed by atoms with Gasteiger partial charge >= 0.3 is 0 Å². The van der Waals surface area contributed by atoms with Crippen molar-refractivity contribution in [1.29, 1.82) is 0 Å². The molecule has 21 heavy (non-hydrogen) atoms. The Kier molecular flexibility index (Phi) is 4.82. The lowest BCUT2D eigenvalue weighted by Gasteiger charge is -2.31. The summed E-state index contributed by atoms with van der Waals surface area (Å²) in [4.78, 5) is 14.2. The summed E-state index contributed by atoms with van der Waals surface area (Å²) in [5, 5.41) is 21.9. The van der Waals surface area contributed by atoms with Gasteiger partial charge in [-0.2, -0.15) is 0 Å². The van der Waals surface area contributed by atoms with E-state index in [-0.39, 0.29) is 12.5 Å². The van der Waals surface area contributed by atoms with Crippen LogP contribution in [0.1, 0.15) is 43.0 Å². The van der Waals surface area contributed by atoms with E-state index in [1.165, 1.54) is 24.2 Å². The normalized spacial score (nSPS) is 23.2. The highest BCUT2D eigenvalue weighted by Crippen LogP contribution is 2.42. The number of piperidine rings is 1. The van der Waals surface area contributed by atoms with Crippen LogP contribution in [0.15, 0.2) is 0 Å². The molecule has 2 heterocycles. The van der Waals surface area contributed by atoms with Crippen molar-refractivity contribution in [2.45, 2.75) is 38.0 Å². The van der Waals surface area contributed by atoms with Crippen LogP contribution in [-0.4, -0.2) is 52.4 Å². The van der Waals surface area contributed by atoms with Crippen molar-refractivity contribution in [3.05, 3.63) is 5.01 Å². The van der Waals surface area contributed by atoms with E-state index in [1.54, 1.807) is 0 Å². The Bertz CT molecular complexity index is 489. The van der Waals surface area contributed by atoms with Crippen molar-refractivity contribution in [1.82, 2.24) is 15.1 Å². The third-order valence-electron chi connectivity index (χ3n) is 4.13. The highest BCUT2D eigenvalue weighted by Gasteiger charge is 2.27. The van der Waals surface area contributed by atoms with Crippen LogP contribution in [0.3, 0.4) is 0 Å². The number of rotatable bonds is 6. The van der Waals surface area contributed by atoms with Crippen LogP contribution in [-0.2, 0) is 4.79 Å². The number of amides is 1. The molecule has 1 saturated heterocycles. The van der Waals surface area contributed by atoms with Gasteiger partial charge in [0.05, 0.1) is 0 Å². The van der Waals surface area contributed by atoms with Gasteiger partial charge in [-0.15, -0.1) is 10.2 Å². The molecule has 1 saturated carbocycles. The Labute approximate surface area is 128 Å². The number of carbonyl (C=O) groups excluding carboxylic acids is 1. The minimum absolute atomic E-state index is 0.000353. The molecular formula is C14H22N4O2S. The molecule has 2 aliphatic rings. The van der Waals surface area contributed by atoms with Crippen LogP contribution in [0.2, 0.25) is 0 Å². The lowest BCUT2D eigenvalue weighted by atomic mass is 9.99. The van der Waals surface area contributed by atoms with Crippen LogP contribution in [0.5, 0.6) is 0 Å². The summed E-state index contributed by atoms with van der Waals surface area (Å²) in [7, 11) is 0. The van der Waals surface area contributed by atoms with Crippen LogP contribution >= 0.6 is 11.3 Å². The van der Waals surface area contributed by atoms with Gasteiger partial charge in [0.25, 0.3) is 0 Å². The van der Waals surface area contributed by atoms with Gasteiger partial charge in [0.1, 0.15) is 5.01 Å². The molecule has 1 aromatic heterocycles. The zero-order chi connectivity index (χ0) is 14.7. The Hall–Kier alpha value is -1.05. The maximum atomic E-state index is 12.0. The molecule has 0 spiro atoms. The van der Waals surface area contributed by atoms with E-state index in [1.807, 2.05) is 0 Å². The number of aromatic nitrogens is 2. The number of aliphatic hydroxyl groups is 1. The molecule has 1 aliphatic heterocycles. The van der Waals surface area contributed by atoms with Crippen molar-refractivity contribution >= 4 is 22.4 Å². The van der Waals surface area contributed by atoms with Gasteiger partial charge in [-0.1, -0.05) is 11.3 Å². The minimum Gasteiger partial charge on any atom is -0.396 e. The Morgan fingerprint density at radius 2 is 2.24 bits per heavy atom. The van der Waals surface area contributed by atoms with Crippen LogP contribution in [0.4, 0.5) is 5.13 Å². The van der Waals surface area contributed by atoms with Crippen molar-refractivity contribution in [2.24, 2.45) is 5.92 Å². The van der Waals surface area contributed by atoms with Gasteiger partial charge in [-0.3, -0.25) is 4.79 Å². The number of aliphatic hydroxyl groups excluding tert-OH is 1. The van der Waals surface area contributed by atoms with Gasteiger partial charge in [-0.05, 0) is 38.1 Å². The fraction of sp³-hybridized carbons (Fsp3) is 0.786. The first-order valence-electron chi connectivity index (χ1n) is 7.71. The van der Waals surface area contributed by atoms with Crippen LogP contribution < -0.4 is 5.32 Å². The monoisotopic (exact) mass is 310 g/mol. The van der Waals surface area contributed by atoms with Crippen molar-refractivity contribution in [3.8, 4) is 0 Å². The Morgan fingerprint density at radius 3 is 3.00 bits per heavy atom. The van der Waals surface area contributed by atoms with Gasteiger partial charge in [0, 0.05) is 32.0 Å². The molecule has 6 nitrogen and oxygen atoms in total. The molecule has 1 amide bonds. The molecule has 0 aromatic carbocycles. The third kappa shape index (κ3) is 4.21. The summed E-state index contributed by atoms with van der Waals surface area (Å²) in [6.45, 7) is 2.91. The number of hydrogen-bond donors (Lipinski definition) is 2. The highest BCUT2D eigenvalue weighted by molar-refractivity contribution is 7.15. The smallest absolute Gasteiger partial charge is 0.227 e. The van der Waals surface area contributed by atoms with Crippen molar-refractivity contribution in [2.75, 3.05) is 31.6 Å². The molecule has 0 radical (unpaired) electrons. The zero-order valence-electron chi connectivity index (χ0n) is 12.1. The number of nitrogens with zero attached hydrogens (tertiary/aromatic N) is 3. The average molecular weight is 310 g/mol. The number of likely N-dealkylation sites (tertiary alicyclic amines) is 1. The summed E-state index contributed by atoms with van der Waals surface area (Å²) in [5.74, 6) is 0.947. The first kappa shape index (κ1) is 14.9. The first-order valence-corrected chi connectivity index (χ1v) is 8.52. The summed E-state index contributed by atoms with van der Waals surface area (Å²) in [6.07, 6.45) is 5.06. The summed E-state index contributed by atoms with van der Waals surface area (Å²) in [5.41, 5.74) is 0. The van der Waals surface area contributed by atoms with Crippen LogP contribution in [0.25, 0.3) is 0 Å². The molecule has 2 fully saturated rings. The number of hydrogen-bond acceptors (Lipinski definition) is 6. The fourth-order valence-electron chi connectivity index (χ4n) is 2.73. The quantitative estimate of drug-likeness (QED) is 0.831. The second-order valence-electron chi connectivity index (χ2n) is 6.01. The number of carbonyl (C=O) groups is 1. The lowest BCUT2D eigenvalue weighted by Crippen LogP contribution is -2.38. The predicted molar refractivity (Wildman–Crippen MR) is 81.4 cm³/mol. The van der Waals surface area contributed by atoms with E-state index in [9.17, 15) is 9.90 Å². The zero-order valence-corrected chi connectivity index (χ0v) is 12.9. The van der Waals surface area contributed by atoms with E-state index in [4.69, 9.17) is 0 Å². The van der Waals surface area contributed by atoms with Crippen molar-refractivity contribution < 1.29 is 9.90 Å². The van der Waals surface area contributed by atoms with Crippen molar-refractivity contribution in [3.63, 3.8) is 0 Å². The molecular weight excluding hydrogens is 288 g/mol. The second-order valence-corrected chi connectivity index (χ2v) is 7.02. The Morgan fingerprint density at radius 1 is 1.38 bits per heavy atom. The fourth-order valence-corrected chi connectivity index (χ4v) is 3.65. The first-order chi connectivity index (χ1) is 10.2. The maximum Gasteiger partial charge on any atom is 0.227 e. The topological polar surface area (TPSA) is 78.4 Å². The molecule has 1 atom stereocenters. The largest absolute Gasteiger partial charge is 0.396 e. The Balaban J connectivity index is 1.41. The molecule has 7 heteroatoms. The third-order valence-corrected chi connectivity index (χ3v) is 5.13. The molecule has 0 bridgehead atoms. The summed E-state index contributed by atoms with van der Waals surface area (Å²) < 4.78 is 0. The van der Waals surface area contributed by atoms with E-state index in [2.05, 4.69) is 20.4 Å². The highest BCUT2D eigenvalue weighted by atomic mass is 32.1.